The second kappa shape index (κ2) is 8.43. The molecule has 0 aromatic rings. The Hall–Kier alpha value is -0.650. The molecule has 1 saturated heterocycles. The summed E-state index contributed by atoms with van der Waals surface area (Å²) >= 11 is 0. The van der Waals surface area contributed by atoms with Gasteiger partial charge in [-0.05, 0) is 118 Å². The minimum Gasteiger partial charge on any atom is -0.462 e. The highest BCUT2D eigenvalue weighted by Crippen LogP contribution is 2.76. The summed E-state index contributed by atoms with van der Waals surface area (Å²) in [6, 6.07) is 0. The molecule has 5 nitrogen and oxygen atoms in total. The zero-order chi connectivity index (χ0) is 27.4. The molecule has 2 N–H and O–H groups in total. The highest BCUT2D eigenvalue weighted by molar-refractivity contribution is 5.66. The van der Waals surface area contributed by atoms with Crippen LogP contribution in [-0.2, 0) is 14.3 Å². The van der Waals surface area contributed by atoms with Crippen molar-refractivity contribution in [1.82, 2.24) is 0 Å². The first-order valence-electron chi connectivity index (χ1n) is 15.2. The van der Waals surface area contributed by atoms with Crippen LogP contribution in [0, 0.1) is 45.3 Å². The number of ether oxygens (including phenoxy) is 2. The number of fused-ring (bicyclic) bond motifs is 5. The van der Waals surface area contributed by atoms with Crippen LogP contribution >= 0.6 is 0 Å². The van der Waals surface area contributed by atoms with Gasteiger partial charge in [0, 0.05) is 12.8 Å². The Morgan fingerprint density at radius 2 is 1.54 bits per heavy atom. The molecule has 5 aliphatic rings. The Balaban J connectivity index is 1.54. The van der Waals surface area contributed by atoms with Crippen LogP contribution in [0.1, 0.15) is 120 Å². The number of esters is 1. The Bertz CT molecular complexity index is 923. The van der Waals surface area contributed by atoms with Crippen LogP contribution in [0.4, 0.5) is 0 Å². The van der Waals surface area contributed by atoms with E-state index in [-0.39, 0.29) is 57.5 Å². The van der Waals surface area contributed by atoms with Crippen LogP contribution in [0.5, 0.6) is 0 Å². The molecule has 5 rings (SSSR count). The van der Waals surface area contributed by atoms with Gasteiger partial charge in [-0.15, -0.1) is 0 Å². The van der Waals surface area contributed by atoms with Crippen molar-refractivity contribution >= 4 is 5.97 Å². The third kappa shape index (κ3) is 3.83. The number of aliphatic hydroxyl groups excluding tert-OH is 1. The van der Waals surface area contributed by atoms with Crippen molar-refractivity contribution in [1.29, 1.82) is 0 Å². The van der Waals surface area contributed by atoms with Crippen LogP contribution in [0.3, 0.4) is 0 Å². The third-order valence-corrected chi connectivity index (χ3v) is 13.5. The standard InChI is InChI=1S/C32H54O5/c1-19(33)36-21-18-23-29(6)14-12-24(34)27(2,3)22(29)11-16-30(23,7)31(8)15-10-20(26(21)31)32(9)17-13-25(37-32)28(4,5)35/h20-26,34-35H,10-18H2,1-9H3/t20-,21+,22+,23+,24+,25+,26-,29-,30+,31+,32-/m0/s1. The lowest BCUT2D eigenvalue weighted by Crippen LogP contribution is -2.67. The molecule has 212 valence electrons. The van der Waals surface area contributed by atoms with Gasteiger partial charge in [-0.2, -0.15) is 0 Å². The van der Waals surface area contributed by atoms with Crippen LogP contribution in [0.15, 0.2) is 0 Å². The number of carbonyl (C=O) groups is 1. The summed E-state index contributed by atoms with van der Waals surface area (Å²) in [4.78, 5) is 12.5. The fourth-order valence-electron chi connectivity index (χ4n) is 11.4. The van der Waals surface area contributed by atoms with Gasteiger partial charge >= 0.3 is 5.97 Å². The molecule has 0 amide bonds. The minimum absolute atomic E-state index is 0.0497. The Kier molecular flexibility index (Phi) is 6.35. The third-order valence-electron chi connectivity index (χ3n) is 13.5. The summed E-state index contributed by atoms with van der Waals surface area (Å²) in [7, 11) is 0. The van der Waals surface area contributed by atoms with E-state index in [1.807, 2.05) is 13.8 Å². The highest BCUT2D eigenvalue weighted by atomic mass is 16.5. The van der Waals surface area contributed by atoms with Gasteiger partial charge in [-0.3, -0.25) is 4.79 Å². The van der Waals surface area contributed by atoms with E-state index in [1.165, 1.54) is 6.42 Å². The van der Waals surface area contributed by atoms with Crippen molar-refractivity contribution in [2.45, 2.75) is 150 Å². The van der Waals surface area contributed by atoms with E-state index in [0.717, 1.165) is 51.4 Å². The van der Waals surface area contributed by atoms with Crippen molar-refractivity contribution in [2.24, 2.45) is 45.3 Å². The van der Waals surface area contributed by atoms with Gasteiger partial charge in [0.15, 0.2) is 0 Å². The molecular formula is C32H54O5. The molecule has 0 unspecified atom stereocenters. The average molecular weight is 519 g/mol. The van der Waals surface area contributed by atoms with Crippen molar-refractivity contribution in [3.8, 4) is 0 Å². The fraction of sp³-hybridized carbons (Fsp3) is 0.969. The van der Waals surface area contributed by atoms with Gasteiger partial charge in [0.1, 0.15) is 6.10 Å². The molecule has 1 aliphatic heterocycles. The Morgan fingerprint density at radius 1 is 0.892 bits per heavy atom. The quantitative estimate of drug-likeness (QED) is 0.430. The number of rotatable bonds is 3. The molecule has 5 fully saturated rings. The summed E-state index contributed by atoms with van der Waals surface area (Å²) in [6.07, 6.45) is 8.67. The van der Waals surface area contributed by atoms with E-state index in [0.29, 0.717) is 17.8 Å². The molecule has 4 saturated carbocycles. The molecule has 5 heteroatoms. The first kappa shape index (κ1) is 27.9. The maximum atomic E-state index is 12.5. The van der Waals surface area contributed by atoms with Gasteiger partial charge in [0.25, 0.3) is 0 Å². The molecule has 11 atom stereocenters. The molecule has 4 aliphatic carbocycles. The molecular weight excluding hydrogens is 464 g/mol. The van der Waals surface area contributed by atoms with Gasteiger partial charge in [-0.1, -0.05) is 34.6 Å². The van der Waals surface area contributed by atoms with Crippen LogP contribution in [0.25, 0.3) is 0 Å². The Labute approximate surface area is 225 Å². The first-order chi connectivity index (χ1) is 16.9. The normalized spacial score (nSPS) is 53.2. The molecule has 0 bridgehead atoms. The zero-order valence-electron chi connectivity index (χ0n) is 25.0. The lowest BCUT2D eigenvalue weighted by atomic mass is 9.35. The molecule has 0 aromatic carbocycles. The largest absolute Gasteiger partial charge is 0.462 e. The summed E-state index contributed by atoms with van der Waals surface area (Å²) in [5.74, 6) is 1.31. The lowest BCUT2D eigenvalue weighted by Gasteiger charge is -2.70. The molecule has 0 aromatic heterocycles. The molecule has 1 heterocycles. The maximum absolute atomic E-state index is 12.5. The minimum atomic E-state index is -0.857. The van der Waals surface area contributed by atoms with E-state index >= 15 is 0 Å². The van der Waals surface area contributed by atoms with Crippen LogP contribution in [0.2, 0.25) is 0 Å². The van der Waals surface area contributed by atoms with Crippen molar-refractivity contribution < 1.29 is 24.5 Å². The van der Waals surface area contributed by atoms with Gasteiger partial charge in [-0.25, -0.2) is 0 Å². The zero-order valence-corrected chi connectivity index (χ0v) is 25.0. The highest BCUT2D eigenvalue weighted by Gasteiger charge is 2.72. The van der Waals surface area contributed by atoms with Crippen LogP contribution < -0.4 is 0 Å². The van der Waals surface area contributed by atoms with Crippen molar-refractivity contribution in [3.63, 3.8) is 0 Å². The van der Waals surface area contributed by atoms with Crippen LogP contribution in [-0.4, -0.2) is 45.7 Å². The number of carbonyl (C=O) groups excluding carboxylic acids is 1. The van der Waals surface area contributed by atoms with E-state index < -0.39 is 5.60 Å². The van der Waals surface area contributed by atoms with E-state index in [9.17, 15) is 15.0 Å². The molecule has 0 radical (unpaired) electrons. The average Bonchev–Trinajstić information content (AvgIpc) is 3.35. The summed E-state index contributed by atoms with van der Waals surface area (Å²) < 4.78 is 13.0. The fourth-order valence-corrected chi connectivity index (χ4v) is 11.4. The topological polar surface area (TPSA) is 76.0 Å². The monoisotopic (exact) mass is 518 g/mol. The van der Waals surface area contributed by atoms with Gasteiger partial charge < -0.3 is 19.7 Å². The predicted molar refractivity (Wildman–Crippen MR) is 145 cm³/mol. The number of hydrogen-bond donors (Lipinski definition) is 2. The summed E-state index contributed by atoms with van der Waals surface area (Å²) in [6.45, 7) is 19.7. The predicted octanol–water partition coefficient (Wildman–Crippen LogP) is 6.28. The molecule has 37 heavy (non-hydrogen) atoms. The van der Waals surface area contributed by atoms with E-state index in [1.54, 1.807) is 6.92 Å². The molecule has 0 spiro atoms. The number of aliphatic hydroxyl groups is 2. The van der Waals surface area contributed by atoms with Gasteiger partial charge in [0.05, 0.1) is 23.4 Å². The van der Waals surface area contributed by atoms with E-state index in [4.69, 9.17) is 9.47 Å². The SMILES string of the molecule is CC(=O)O[C@@H]1C[C@@H]2[C@@]3(C)CC[C@@H](O)C(C)(C)[C@H]3CC[C@@]2(C)[C@]2(C)CC[C@H]([C@]3(C)CC[C@H](C(C)(C)O)O3)[C@@H]12. The van der Waals surface area contributed by atoms with Crippen molar-refractivity contribution in [3.05, 3.63) is 0 Å². The summed E-state index contributed by atoms with van der Waals surface area (Å²) in [5.41, 5.74) is -0.944. The maximum Gasteiger partial charge on any atom is 0.302 e. The number of hydrogen-bond acceptors (Lipinski definition) is 5. The smallest absolute Gasteiger partial charge is 0.302 e. The Morgan fingerprint density at radius 3 is 2.14 bits per heavy atom. The van der Waals surface area contributed by atoms with Crippen molar-refractivity contribution in [2.75, 3.05) is 0 Å². The second-order valence-corrected chi connectivity index (χ2v) is 16.0. The second-order valence-electron chi connectivity index (χ2n) is 16.0. The first-order valence-corrected chi connectivity index (χ1v) is 15.2. The summed E-state index contributed by atoms with van der Waals surface area (Å²) in [5, 5.41) is 21.7. The van der Waals surface area contributed by atoms with E-state index in [2.05, 4.69) is 41.5 Å². The lowest BCUT2D eigenvalue weighted by molar-refractivity contribution is -0.252. The van der Waals surface area contributed by atoms with Gasteiger partial charge in [0.2, 0.25) is 0 Å².